The van der Waals surface area contributed by atoms with Crippen molar-refractivity contribution in [3.8, 4) is 78.3 Å². The summed E-state index contributed by atoms with van der Waals surface area (Å²) in [6.07, 6.45) is 2.18. The van der Waals surface area contributed by atoms with Crippen molar-refractivity contribution in [2.75, 3.05) is 14.2 Å². The number of ether oxygens (including phenoxy) is 2. The highest BCUT2D eigenvalue weighted by Crippen LogP contribution is 2.57. The first kappa shape index (κ1) is 71.9. The van der Waals surface area contributed by atoms with Crippen molar-refractivity contribution in [2.24, 2.45) is 11.8 Å². The molecule has 2 heteroatoms. The number of hydrogen-bond donors (Lipinski definition) is 0. The zero-order chi connectivity index (χ0) is 80.0. The smallest absolute Gasteiger partial charge is 0.127 e. The van der Waals surface area contributed by atoms with Crippen LogP contribution in [0.1, 0.15) is 153 Å². The summed E-state index contributed by atoms with van der Waals surface area (Å²) in [5, 5.41) is 31.6. The lowest BCUT2D eigenvalue weighted by molar-refractivity contribution is 0.420. The van der Waals surface area contributed by atoms with Gasteiger partial charge in [0.25, 0.3) is 0 Å². The van der Waals surface area contributed by atoms with Crippen molar-refractivity contribution in [1.82, 2.24) is 0 Å². The van der Waals surface area contributed by atoms with E-state index in [0.717, 1.165) is 29.7 Å². The molecule has 2 nitrogen and oxygen atoms in total. The maximum atomic E-state index is 6.15. The Morgan fingerprint density at radius 2 is 0.500 bits per heavy atom. The molecule has 0 atom stereocenters. The quantitative estimate of drug-likeness (QED) is 0.127. The third-order valence-corrected chi connectivity index (χ3v) is 27.4. The topological polar surface area (TPSA) is 18.5 Å². The highest BCUT2D eigenvalue weighted by atomic mass is 16.5. The number of methoxy groups -OCH3 is 2. The van der Waals surface area contributed by atoms with Gasteiger partial charge in [-0.3, -0.25) is 0 Å². The molecule has 20 aromatic rings. The second-order valence-electron chi connectivity index (χ2n) is 38.6. The normalized spacial score (nSPS) is 14.0. The minimum atomic E-state index is -0.214. The van der Waals surface area contributed by atoms with Gasteiger partial charge in [0.05, 0.1) is 14.2 Å². The van der Waals surface area contributed by atoms with Crippen molar-refractivity contribution in [3.05, 3.63) is 298 Å². The zero-order valence-corrected chi connectivity index (χ0v) is 70.5. The molecule has 0 heterocycles. The van der Waals surface area contributed by atoms with E-state index >= 15 is 0 Å². The predicted octanol–water partition coefficient (Wildman–Crippen LogP) is 31.9. The molecule has 568 valence electrons. The monoisotopic (exact) mass is 1500 g/mol. The first-order valence-electron chi connectivity index (χ1n) is 42.2. The van der Waals surface area contributed by atoms with Gasteiger partial charge in [0, 0.05) is 32.4 Å². The van der Waals surface area contributed by atoms with Gasteiger partial charge in [0.2, 0.25) is 0 Å². The van der Waals surface area contributed by atoms with Crippen molar-refractivity contribution in [1.29, 1.82) is 0 Å². The fourth-order valence-corrected chi connectivity index (χ4v) is 21.6. The van der Waals surface area contributed by atoms with Crippen LogP contribution < -0.4 is 9.47 Å². The van der Waals surface area contributed by atoms with Gasteiger partial charge in [-0.2, -0.15) is 0 Å². The summed E-state index contributed by atoms with van der Waals surface area (Å²) >= 11 is 0. The molecule has 0 aromatic heterocycles. The fraction of sp³-hybridized carbons (Fsp3) is 0.228. The van der Waals surface area contributed by atoms with E-state index in [4.69, 9.17) is 9.47 Å². The average molecular weight is 1500 g/mol. The fourth-order valence-electron chi connectivity index (χ4n) is 21.6. The molecule has 22 rings (SSSR count). The van der Waals surface area contributed by atoms with Crippen LogP contribution in [0.3, 0.4) is 0 Å². The maximum Gasteiger partial charge on any atom is 0.127 e. The second-order valence-corrected chi connectivity index (χ2v) is 38.6. The van der Waals surface area contributed by atoms with E-state index in [9.17, 15) is 0 Å². The van der Waals surface area contributed by atoms with Crippen LogP contribution in [-0.2, 0) is 34.5 Å². The van der Waals surface area contributed by atoms with Gasteiger partial charge in [-0.15, -0.1) is 0 Å². The van der Waals surface area contributed by atoms with Gasteiger partial charge < -0.3 is 9.47 Å². The Kier molecular flexibility index (Phi) is 15.7. The van der Waals surface area contributed by atoms with Gasteiger partial charge in [-0.25, -0.2) is 0 Å². The summed E-state index contributed by atoms with van der Waals surface area (Å²) in [6.45, 7) is 37.2. The molecular formula is C114H100O2. The van der Waals surface area contributed by atoms with Crippen LogP contribution in [-0.4, -0.2) is 14.2 Å². The summed E-state index contributed by atoms with van der Waals surface area (Å²) in [5.41, 5.74) is 29.0. The van der Waals surface area contributed by atoms with Gasteiger partial charge >= 0.3 is 0 Å². The number of fused-ring (bicyclic) bond motifs is 6. The molecule has 2 aliphatic carbocycles. The van der Waals surface area contributed by atoms with Crippen molar-refractivity contribution < 1.29 is 9.47 Å². The lowest BCUT2D eigenvalue weighted by Gasteiger charge is -2.24. The molecule has 0 saturated heterocycles. The van der Waals surface area contributed by atoms with E-state index < -0.39 is 0 Å². The van der Waals surface area contributed by atoms with Crippen molar-refractivity contribution in [2.45, 2.75) is 145 Å². The van der Waals surface area contributed by atoms with E-state index in [2.05, 4.69) is 353 Å². The lowest BCUT2D eigenvalue weighted by Crippen LogP contribution is -2.15. The summed E-state index contributed by atoms with van der Waals surface area (Å²) < 4.78 is 12.3. The van der Waals surface area contributed by atoms with Crippen LogP contribution in [0.25, 0.3) is 196 Å². The summed E-state index contributed by atoms with van der Waals surface area (Å²) in [4.78, 5) is 0. The number of benzene rings is 20. The van der Waals surface area contributed by atoms with Crippen LogP contribution in [0.2, 0.25) is 0 Å². The van der Waals surface area contributed by atoms with E-state index in [1.54, 1.807) is 14.2 Å². The molecule has 116 heavy (non-hydrogen) atoms. The van der Waals surface area contributed by atoms with Crippen LogP contribution in [0, 0.1) is 25.7 Å². The molecule has 0 aliphatic heterocycles. The van der Waals surface area contributed by atoms with E-state index in [1.165, 1.54) is 246 Å². The van der Waals surface area contributed by atoms with Crippen LogP contribution in [0.4, 0.5) is 0 Å². The Labute approximate surface area is 682 Å². The van der Waals surface area contributed by atoms with Gasteiger partial charge in [-0.1, -0.05) is 291 Å². The Balaban J connectivity index is 0.000000145. The summed E-state index contributed by atoms with van der Waals surface area (Å²) in [5.74, 6) is 3.07. The molecule has 0 unspecified atom stereocenters. The zero-order valence-electron chi connectivity index (χ0n) is 70.5. The molecule has 0 amide bonds. The number of aryl methyl sites for hydroxylation is 2. The second kappa shape index (κ2) is 25.3. The maximum absolute atomic E-state index is 6.15. The van der Waals surface area contributed by atoms with Gasteiger partial charge in [0.15, 0.2) is 0 Å². The molecule has 0 fully saturated rings. The molecular weight excluding hydrogens is 1400 g/mol. The molecule has 0 radical (unpaired) electrons. The Morgan fingerprint density at radius 1 is 0.259 bits per heavy atom. The minimum absolute atomic E-state index is 0.0648. The average Bonchev–Trinajstić information content (AvgIpc) is 1.32. The van der Waals surface area contributed by atoms with Crippen LogP contribution in [0.5, 0.6) is 11.5 Å². The lowest BCUT2D eigenvalue weighted by atomic mass is 9.79. The minimum Gasteiger partial charge on any atom is -0.496 e. The third-order valence-electron chi connectivity index (χ3n) is 27.4. The summed E-state index contributed by atoms with van der Waals surface area (Å²) in [7, 11) is 3.60. The highest BCUT2D eigenvalue weighted by molar-refractivity contribution is 6.31. The van der Waals surface area contributed by atoms with E-state index in [0.29, 0.717) is 11.8 Å². The van der Waals surface area contributed by atoms with Crippen molar-refractivity contribution >= 4 is 129 Å². The number of rotatable bonds is 10. The Hall–Kier alpha value is -11.8. The van der Waals surface area contributed by atoms with E-state index in [1.807, 2.05) is 0 Å². The van der Waals surface area contributed by atoms with E-state index in [-0.39, 0.29) is 21.7 Å². The van der Waals surface area contributed by atoms with Crippen LogP contribution >= 0.6 is 0 Å². The molecule has 0 bridgehead atoms. The molecule has 0 saturated carbocycles. The summed E-state index contributed by atoms with van der Waals surface area (Å²) in [6, 6.07) is 94.7. The predicted molar refractivity (Wildman–Crippen MR) is 502 cm³/mol. The Morgan fingerprint density at radius 3 is 0.759 bits per heavy atom. The number of hydrogen-bond acceptors (Lipinski definition) is 2. The Bertz CT molecular complexity index is 7480. The highest BCUT2D eigenvalue weighted by Gasteiger charge is 2.39. The molecule has 2 aliphatic rings. The molecule has 20 aromatic carbocycles. The van der Waals surface area contributed by atoms with Crippen LogP contribution in [0.15, 0.2) is 243 Å². The SMILES string of the molecule is COc1cc(-c2ccc3c(c2)C(C)(C)c2cc(-c4cc(OC)c5ccc6cc(C(C)(C)C)cc7ccc4c5c67)ccc2-3)c2ccc3cc(CC(C)C)cc4ccc1c2c43.Cc1cc(-c2ccc3c(c2)C(C)(C)c2cc(-c4cc(C)c5ccc6cc(C(C)(C)C)cc7ccc4c5c67)ccc2-3)c2ccc3cc(CC(C)C)cc4ccc1c2c43. The largest absolute Gasteiger partial charge is 0.496 e. The van der Waals surface area contributed by atoms with Gasteiger partial charge in [0.1, 0.15) is 11.5 Å². The molecule has 0 spiro atoms. The first-order chi connectivity index (χ1) is 55.6. The molecule has 0 N–H and O–H groups in total. The van der Waals surface area contributed by atoms with Crippen molar-refractivity contribution in [3.63, 3.8) is 0 Å². The first-order valence-corrected chi connectivity index (χ1v) is 42.2. The standard InChI is InChI=1S/C57H50O2.C57H50/c1-31(2)22-32-23-35-12-18-42-46(29-50(58-8)44-20-14-36(24-32)52(35)54(42)44)33-10-16-40-41-17-11-34(28-49(41)57(6,7)48(40)27-33)47-30-51(59-9)45-21-15-38-26-39(56(3,4)5)25-37-13-19-43(47)55(45)53(37)38;1-31(2)22-34-25-37-12-16-42-32(3)23-48(46-20-14-38(26-34)52(37)54(42)46)35-10-18-44-45-19-11-36(30-51(45)57(8,9)50(44)29-35)49-24-33(4)43-17-13-39-27-41(56(5,6)7)28-40-15-21-47(49)55(43)53(39)40/h10-21,23-31H,22H2,1-9H3;10-21,23-31H,22H2,1-9H3. The van der Waals surface area contributed by atoms with Gasteiger partial charge in [-0.05, 0) is 328 Å². The third kappa shape index (κ3) is 10.7.